The van der Waals surface area contributed by atoms with Gasteiger partial charge in [0.2, 0.25) is 0 Å². The van der Waals surface area contributed by atoms with Crippen LogP contribution in [0.1, 0.15) is 10.4 Å². The predicted molar refractivity (Wildman–Crippen MR) is 147 cm³/mol. The van der Waals surface area contributed by atoms with E-state index in [4.69, 9.17) is 26.9 Å². The first-order chi connectivity index (χ1) is 18.0. The zero-order valence-corrected chi connectivity index (χ0v) is 20.9. The molecule has 0 radical (unpaired) electrons. The summed E-state index contributed by atoms with van der Waals surface area (Å²) in [5, 5.41) is 3.26. The lowest BCUT2D eigenvalue weighted by molar-refractivity contribution is 0.102. The van der Waals surface area contributed by atoms with Crippen molar-refractivity contribution in [1.82, 2.24) is 24.8 Å². The summed E-state index contributed by atoms with van der Waals surface area (Å²) in [5.74, 6) is 0.297. The number of benzene rings is 2. The highest BCUT2D eigenvalue weighted by Gasteiger charge is 2.16. The average molecular weight is 507 g/mol. The molecule has 0 bridgehead atoms. The van der Waals surface area contributed by atoms with Gasteiger partial charge in [0.25, 0.3) is 11.1 Å². The van der Waals surface area contributed by atoms with Crippen LogP contribution in [0.15, 0.2) is 91.3 Å². The highest BCUT2D eigenvalue weighted by Crippen LogP contribution is 2.29. The van der Waals surface area contributed by atoms with Crippen LogP contribution in [-0.4, -0.2) is 50.0 Å². The van der Waals surface area contributed by atoms with E-state index in [2.05, 4.69) is 15.3 Å². The van der Waals surface area contributed by atoms with Crippen LogP contribution in [-0.2, 0) is 0 Å². The minimum Gasteiger partial charge on any atom is -0.432 e. The number of aromatic nitrogens is 4. The van der Waals surface area contributed by atoms with Crippen molar-refractivity contribution in [2.24, 2.45) is 0 Å². The Morgan fingerprint density at radius 3 is 2.00 bits per heavy atom. The SMILES string of the molecule is CN(C)C(=S)Oc1ccc(C(=O)Nc2ccc3nc(-c4ccccn4)c(-c4ccccn4)nc3c2)cc1. The minimum atomic E-state index is -0.260. The number of fused-ring (bicyclic) bond motifs is 1. The summed E-state index contributed by atoms with van der Waals surface area (Å²) in [6, 6.07) is 23.5. The quantitative estimate of drug-likeness (QED) is 0.324. The number of hydrogen-bond acceptors (Lipinski definition) is 7. The normalized spacial score (nSPS) is 10.6. The Kier molecular flexibility index (Phi) is 6.78. The first-order valence-corrected chi connectivity index (χ1v) is 11.8. The number of pyridine rings is 2. The van der Waals surface area contributed by atoms with Crippen molar-refractivity contribution in [3.05, 3.63) is 96.8 Å². The monoisotopic (exact) mass is 506 g/mol. The molecule has 0 aliphatic heterocycles. The maximum atomic E-state index is 12.9. The van der Waals surface area contributed by atoms with Crippen LogP contribution in [0.3, 0.4) is 0 Å². The first kappa shape index (κ1) is 24.0. The molecule has 2 aromatic carbocycles. The maximum absolute atomic E-state index is 12.9. The molecule has 37 heavy (non-hydrogen) atoms. The van der Waals surface area contributed by atoms with Crippen LogP contribution in [0.25, 0.3) is 33.8 Å². The van der Waals surface area contributed by atoms with Crippen molar-refractivity contribution in [2.45, 2.75) is 0 Å². The second-order valence-electron chi connectivity index (χ2n) is 8.30. The Morgan fingerprint density at radius 2 is 1.43 bits per heavy atom. The largest absolute Gasteiger partial charge is 0.432 e. The number of ether oxygens (including phenoxy) is 1. The fourth-order valence-electron chi connectivity index (χ4n) is 3.56. The summed E-state index contributed by atoms with van der Waals surface area (Å²) in [7, 11) is 3.60. The Morgan fingerprint density at radius 1 is 0.811 bits per heavy atom. The molecule has 0 aliphatic carbocycles. The van der Waals surface area contributed by atoms with Crippen molar-refractivity contribution >= 4 is 40.0 Å². The van der Waals surface area contributed by atoms with Crippen molar-refractivity contribution in [3.63, 3.8) is 0 Å². The number of carbonyl (C=O) groups excluding carboxylic acids is 1. The summed E-state index contributed by atoms with van der Waals surface area (Å²) >= 11 is 5.15. The Bertz CT molecular complexity index is 1580. The molecule has 3 heterocycles. The van der Waals surface area contributed by atoms with Gasteiger partial charge in [0.1, 0.15) is 17.1 Å². The molecular formula is C28H22N6O2S. The van der Waals surface area contributed by atoms with Gasteiger partial charge in [0.15, 0.2) is 0 Å². The number of anilines is 1. The van der Waals surface area contributed by atoms with Crippen molar-refractivity contribution in [2.75, 3.05) is 19.4 Å². The third-order valence-corrected chi connectivity index (χ3v) is 5.87. The van der Waals surface area contributed by atoms with Crippen LogP contribution in [0.2, 0.25) is 0 Å². The van der Waals surface area contributed by atoms with Crippen LogP contribution in [0, 0.1) is 0 Å². The third-order valence-electron chi connectivity index (χ3n) is 5.42. The highest BCUT2D eigenvalue weighted by atomic mass is 32.1. The van der Waals surface area contributed by atoms with Gasteiger partial charge in [-0.05, 0) is 78.9 Å². The fraction of sp³-hybridized carbons (Fsp3) is 0.0714. The molecule has 1 amide bonds. The maximum Gasteiger partial charge on any atom is 0.264 e. The van der Waals surface area contributed by atoms with E-state index < -0.39 is 0 Å². The van der Waals surface area contributed by atoms with E-state index in [-0.39, 0.29) is 5.91 Å². The van der Waals surface area contributed by atoms with E-state index in [1.54, 1.807) is 67.8 Å². The van der Waals surface area contributed by atoms with E-state index in [0.29, 0.717) is 56.0 Å². The van der Waals surface area contributed by atoms with Crippen LogP contribution < -0.4 is 10.1 Å². The lowest BCUT2D eigenvalue weighted by Crippen LogP contribution is -2.25. The van der Waals surface area contributed by atoms with Crippen LogP contribution in [0.5, 0.6) is 5.75 Å². The molecule has 0 unspecified atom stereocenters. The van der Waals surface area contributed by atoms with Gasteiger partial charge in [0.05, 0.1) is 22.4 Å². The van der Waals surface area contributed by atoms with Gasteiger partial charge >= 0.3 is 0 Å². The van der Waals surface area contributed by atoms with Crippen LogP contribution in [0.4, 0.5) is 5.69 Å². The van der Waals surface area contributed by atoms with Crippen LogP contribution >= 0.6 is 12.2 Å². The number of carbonyl (C=O) groups is 1. The second kappa shape index (κ2) is 10.5. The van der Waals surface area contributed by atoms with Crippen molar-refractivity contribution < 1.29 is 9.53 Å². The van der Waals surface area contributed by atoms with E-state index in [0.717, 1.165) is 0 Å². The number of nitrogens with one attached hydrogen (secondary N) is 1. The van der Waals surface area contributed by atoms with Gasteiger partial charge < -0.3 is 15.0 Å². The molecule has 9 heteroatoms. The third kappa shape index (κ3) is 5.41. The summed E-state index contributed by atoms with van der Waals surface area (Å²) in [4.78, 5) is 33.2. The van der Waals surface area contributed by atoms with Gasteiger partial charge in [-0.15, -0.1) is 0 Å². The smallest absolute Gasteiger partial charge is 0.264 e. The van der Waals surface area contributed by atoms with E-state index in [9.17, 15) is 4.79 Å². The minimum absolute atomic E-state index is 0.260. The van der Waals surface area contributed by atoms with Gasteiger partial charge in [0, 0.05) is 37.7 Å². The topological polar surface area (TPSA) is 93.1 Å². The average Bonchev–Trinajstić information content (AvgIpc) is 2.93. The fourth-order valence-corrected chi connectivity index (χ4v) is 3.66. The lowest BCUT2D eigenvalue weighted by Gasteiger charge is -2.14. The Labute approximate surface area is 219 Å². The predicted octanol–water partition coefficient (Wildman–Crippen LogP) is 5.23. The summed E-state index contributed by atoms with van der Waals surface area (Å²) in [6.45, 7) is 0. The zero-order chi connectivity index (χ0) is 25.8. The number of thiocarbonyl (C=S) groups is 1. The lowest BCUT2D eigenvalue weighted by atomic mass is 10.1. The van der Waals surface area contributed by atoms with E-state index in [1.807, 2.05) is 42.5 Å². The molecular weight excluding hydrogens is 484 g/mol. The van der Waals surface area contributed by atoms with Crippen molar-refractivity contribution in [3.8, 4) is 28.5 Å². The number of amides is 1. The van der Waals surface area contributed by atoms with E-state index in [1.165, 1.54) is 0 Å². The summed E-state index contributed by atoms with van der Waals surface area (Å²) in [6.07, 6.45) is 3.43. The molecule has 5 rings (SSSR count). The molecule has 1 N–H and O–H groups in total. The van der Waals surface area contributed by atoms with Crippen molar-refractivity contribution in [1.29, 1.82) is 0 Å². The molecule has 0 saturated carbocycles. The number of hydrogen-bond donors (Lipinski definition) is 1. The molecule has 0 aliphatic rings. The summed E-state index contributed by atoms with van der Waals surface area (Å²) in [5.41, 5.74) is 5.01. The zero-order valence-electron chi connectivity index (χ0n) is 20.1. The number of nitrogens with zero attached hydrogens (tertiary/aromatic N) is 5. The highest BCUT2D eigenvalue weighted by molar-refractivity contribution is 7.80. The molecule has 3 aromatic heterocycles. The molecule has 0 saturated heterocycles. The standard InChI is InChI=1S/C28H22N6O2S/c1-34(2)28(37)36-20-12-9-18(10-13-20)27(35)31-19-11-14-21-24(17-19)33-26(23-8-4-6-16-30-23)25(32-21)22-7-3-5-15-29-22/h3-17H,1-2H3,(H,31,35). The Hall–Kier alpha value is -4.76. The molecule has 0 spiro atoms. The summed E-state index contributed by atoms with van der Waals surface area (Å²) < 4.78 is 5.57. The van der Waals surface area contributed by atoms with Gasteiger partial charge in [-0.3, -0.25) is 14.8 Å². The molecule has 8 nitrogen and oxygen atoms in total. The molecule has 0 fully saturated rings. The molecule has 182 valence electrons. The number of rotatable bonds is 5. The molecule has 0 atom stereocenters. The first-order valence-electron chi connectivity index (χ1n) is 11.4. The Balaban J connectivity index is 1.44. The molecule has 5 aromatic rings. The van der Waals surface area contributed by atoms with Gasteiger partial charge in [-0.2, -0.15) is 0 Å². The second-order valence-corrected chi connectivity index (χ2v) is 8.64. The van der Waals surface area contributed by atoms with Gasteiger partial charge in [-0.25, -0.2) is 9.97 Å². The van der Waals surface area contributed by atoms with E-state index >= 15 is 0 Å². The van der Waals surface area contributed by atoms with Gasteiger partial charge in [-0.1, -0.05) is 12.1 Å².